The van der Waals surface area contributed by atoms with Crippen molar-refractivity contribution in [1.82, 2.24) is 4.90 Å². The van der Waals surface area contributed by atoms with Gasteiger partial charge in [-0.15, -0.1) is 11.3 Å². The molecule has 2 N–H and O–H groups in total. The van der Waals surface area contributed by atoms with E-state index in [0.717, 1.165) is 15.9 Å². The van der Waals surface area contributed by atoms with Gasteiger partial charge in [0.25, 0.3) is 0 Å². The molecule has 3 rings (SSSR count). The van der Waals surface area contributed by atoms with Crippen molar-refractivity contribution in [2.75, 3.05) is 6.54 Å². The lowest BCUT2D eigenvalue weighted by Crippen LogP contribution is -2.34. The topological polar surface area (TPSA) is 58.7 Å². The van der Waals surface area contributed by atoms with Crippen LogP contribution in [0.25, 0.3) is 0 Å². The fraction of sp³-hybridized carbons (Fsp3) is 0.455. The summed E-state index contributed by atoms with van der Waals surface area (Å²) in [6.07, 6.45) is 2.37. The molecule has 1 aromatic heterocycles. The van der Waals surface area contributed by atoms with Gasteiger partial charge >= 0.3 is 6.03 Å². The van der Waals surface area contributed by atoms with Crippen molar-refractivity contribution >= 4 is 50.7 Å². The molecule has 2 aliphatic rings. The molecule has 0 radical (unpaired) electrons. The molecule has 0 aromatic carbocycles. The number of amides is 2. The molecule has 7 heteroatoms. The Bertz CT molecular complexity index is 521. The van der Waals surface area contributed by atoms with E-state index in [1.54, 1.807) is 4.90 Å². The third kappa shape index (κ3) is 2.17. The molecule has 0 saturated heterocycles. The number of hydrogen-bond donors (Lipinski definition) is 1. The first-order chi connectivity index (χ1) is 8.56. The highest BCUT2D eigenvalue weighted by Crippen LogP contribution is 2.41. The summed E-state index contributed by atoms with van der Waals surface area (Å²) in [6.45, 7) is 0.737. The maximum absolute atomic E-state index is 11.8. The standard InChI is InChI=1S/C11H11BrClN3OS/c12-6-3-7(18-9(6)13)8-10(14)15-11(17)16(8)4-5-1-2-5/h3,5,8H,1-2,4H2,(H2,14,15,17). The lowest BCUT2D eigenvalue weighted by Gasteiger charge is -2.22. The van der Waals surface area contributed by atoms with Gasteiger partial charge in [-0.05, 0) is 40.8 Å². The average molecular weight is 349 g/mol. The number of nitrogens with two attached hydrogens (primary N) is 1. The van der Waals surface area contributed by atoms with E-state index in [4.69, 9.17) is 17.3 Å². The Labute approximate surface area is 122 Å². The van der Waals surface area contributed by atoms with Gasteiger partial charge in [-0.1, -0.05) is 11.6 Å². The minimum absolute atomic E-state index is 0.231. The number of nitrogens with zero attached hydrogens (tertiary/aromatic N) is 2. The van der Waals surface area contributed by atoms with Crippen molar-refractivity contribution in [2.24, 2.45) is 16.6 Å². The number of carbonyl (C=O) groups excluding carboxylic acids is 1. The fourth-order valence-electron chi connectivity index (χ4n) is 2.07. The normalized spacial score (nSPS) is 23.7. The zero-order chi connectivity index (χ0) is 12.9. The van der Waals surface area contributed by atoms with Gasteiger partial charge in [-0.25, -0.2) is 4.79 Å². The second-order valence-corrected chi connectivity index (χ2v) is 7.13. The van der Waals surface area contributed by atoms with Crippen molar-refractivity contribution in [3.63, 3.8) is 0 Å². The third-order valence-corrected chi connectivity index (χ3v) is 5.67. The van der Waals surface area contributed by atoms with Crippen molar-refractivity contribution in [3.8, 4) is 0 Å². The van der Waals surface area contributed by atoms with Crippen LogP contribution < -0.4 is 5.73 Å². The number of rotatable bonds is 3. The molecular weight excluding hydrogens is 338 g/mol. The van der Waals surface area contributed by atoms with Crippen LogP contribution in [0.5, 0.6) is 0 Å². The molecule has 96 valence electrons. The molecule has 2 heterocycles. The zero-order valence-electron chi connectivity index (χ0n) is 9.40. The molecule has 1 aromatic rings. The molecule has 18 heavy (non-hydrogen) atoms. The molecule has 0 spiro atoms. The summed E-state index contributed by atoms with van der Waals surface area (Å²) in [4.78, 5) is 18.4. The number of aliphatic imine (C=N–C) groups is 1. The minimum Gasteiger partial charge on any atom is -0.385 e. The van der Waals surface area contributed by atoms with Crippen LogP contribution in [0.4, 0.5) is 4.79 Å². The van der Waals surface area contributed by atoms with Gasteiger partial charge in [0.15, 0.2) is 0 Å². The van der Waals surface area contributed by atoms with Gasteiger partial charge in [0.2, 0.25) is 0 Å². The first kappa shape index (κ1) is 12.4. The average Bonchev–Trinajstić information content (AvgIpc) is 2.99. The van der Waals surface area contributed by atoms with E-state index in [9.17, 15) is 4.79 Å². The first-order valence-electron chi connectivity index (χ1n) is 5.65. The predicted molar refractivity (Wildman–Crippen MR) is 76.2 cm³/mol. The summed E-state index contributed by atoms with van der Waals surface area (Å²) in [5, 5.41) is 0. The highest BCUT2D eigenvalue weighted by molar-refractivity contribution is 9.10. The molecule has 1 fully saturated rings. The number of thiophene rings is 1. The van der Waals surface area contributed by atoms with E-state index in [1.165, 1.54) is 24.2 Å². The van der Waals surface area contributed by atoms with Crippen molar-refractivity contribution in [1.29, 1.82) is 0 Å². The summed E-state index contributed by atoms with van der Waals surface area (Å²) in [6, 6.07) is 1.44. The predicted octanol–water partition coefficient (Wildman–Crippen LogP) is 3.41. The summed E-state index contributed by atoms with van der Waals surface area (Å²) in [5.74, 6) is 0.975. The smallest absolute Gasteiger partial charge is 0.346 e. The van der Waals surface area contributed by atoms with Crippen molar-refractivity contribution in [2.45, 2.75) is 18.9 Å². The first-order valence-corrected chi connectivity index (χ1v) is 7.64. The van der Waals surface area contributed by atoms with E-state index >= 15 is 0 Å². The summed E-state index contributed by atoms with van der Waals surface area (Å²) < 4.78 is 1.51. The summed E-state index contributed by atoms with van der Waals surface area (Å²) in [7, 11) is 0. The van der Waals surface area contributed by atoms with Gasteiger partial charge in [-0.2, -0.15) is 4.99 Å². The van der Waals surface area contributed by atoms with E-state index in [2.05, 4.69) is 20.9 Å². The largest absolute Gasteiger partial charge is 0.385 e. The van der Waals surface area contributed by atoms with Crippen LogP contribution in [-0.2, 0) is 0 Å². The van der Waals surface area contributed by atoms with Crippen LogP contribution in [0, 0.1) is 5.92 Å². The van der Waals surface area contributed by atoms with Crippen LogP contribution in [0.2, 0.25) is 4.34 Å². The molecule has 0 bridgehead atoms. The van der Waals surface area contributed by atoms with Crippen LogP contribution in [0.1, 0.15) is 23.8 Å². The van der Waals surface area contributed by atoms with E-state index in [0.29, 0.717) is 16.1 Å². The molecular formula is C11H11BrClN3OS. The Morgan fingerprint density at radius 1 is 1.61 bits per heavy atom. The quantitative estimate of drug-likeness (QED) is 0.910. The lowest BCUT2D eigenvalue weighted by molar-refractivity contribution is 0.204. The van der Waals surface area contributed by atoms with Gasteiger partial charge in [0, 0.05) is 15.9 Å². The maximum Gasteiger partial charge on any atom is 0.346 e. The summed E-state index contributed by atoms with van der Waals surface area (Å²) in [5.41, 5.74) is 5.88. The monoisotopic (exact) mass is 347 g/mol. The number of urea groups is 1. The molecule has 2 amide bonds. The molecule has 4 nitrogen and oxygen atoms in total. The Morgan fingerprint density at radius 2 is 2.33 bits per heavy atom. The number of hydrogen-bond acceptors (Lipinski definition) is 3. The molecule has 1 aliphatic heterocycles. The Hall–Kier alpha value is -0.590. The Kier molecular flexibility index (Phi) is 3.11. The van der Waals surface area contributed by atoms with Crippen molar-refractivity contribution < 1.29 is 4.79 Å². The third-order valence-electron chi connectivity index (χ3n) is 3.15. The van der Waals surface area contributed by atoms with Gasteiger partial charge in [-0.3, -0.25) is 0 Å². The number of halogens is 2. The van der Waals surface area contributed by atoms with Gasteiger partial charge in [0.05, 0.1) is 0 Å². The maximum atomic E-state index is 11.8. The zero-order valence-corrected chi connectivity index (χ0v) is 12.6. The van der Waals surface area contributed by atoms with Gasteiger partial charge < -0.3 is 10.6 Å². The second kappa shape index (κ2) is 4.51. The Morgan fingerprint density at radius 3 is 2.89 bits per heavy atom. The number of amidine groups is 1. The highest BCUT2D eigenvalue weighted by atomic mass is 79.9. The lowest BCUT2D eigenvalue weighted by atomic mass is 10.2. The molecule has 1 atom stereocenters. The second-order valence-electron chi connectivity index (χ2n) is 4.59. The van der Waals surface area contributed by atoms with Gasteiger partial charge in [0.1, 0.15) is 16.2 Å². The van der Waals surface area contributed by atoms with Crippen LogP contribution in [0.3, 0.4) is 0 Å². The van der Waals surface area contributed by atoms with E-state index < -0.39 is 0 Å². The van der Waals surface area contributed by atoms with Crippen LogP contribution in [-0.4, -0.2) is 23.3 Å². The summed E-state index contributed by atoms with van der Waals surface area (Å²) >= 11 is 10.9. The fourth-order valence-corrected chi connectivity index (χ4v) is 3.93. The minimum atomic E-state index is -0.244. The molecule has 1 aliphatic carbocycles. The molecule has 1 unspecified atom stereocenters. The Balaban J connectivity index is 1.91. The SMILES string of the molecule is NC1=NC(=O)N(CC2CC2)C1c1cc(Br)c(Cl)s1. The van der Waals surface area contributed by atoms with Crippen LogP contribution >= 0.6 is 38.9 Å². The number of carbonyl (C=O) groups is 1. The van der Waals surface area contributed by atoms with E-state index in [-0.39, 0.29) is 12.1 Å². The van der Waals surface area contributed by atoms with Crippen molar-refractivity contribution in [3.05, 3.63) is 19.8 Å². The highest BCUT2D eigenvalue weighted by Gasteiger charge is 2.39. The van der Waals surface area contributed by atoms with Crippen LogP contribution in [0.15, 0.2) is 15.5 Å². The van der Waals surface area contributed by atoms with E-state index in [1.807, 2.05) is 6.07 Å². The molecule has 1 saturated carbocycles.